The van der Waals surface area contributed by atoms with Gasteiger partial charge in [0, 0.05) is 51.5 Å². The van der Waals surface area contributed by atoms with Crippen LogP contribution in [0.2, 0.25) is 0 Å². The summed E-state index contributed by atoms with van der Waals surface area (Å²) in [5.41, 5.74) is 5.76. The molecule has 0 fully saturated rings. The average Bonchev–Trinajstić information content (AvgIpc) is 3.92. The van der Waals surface area contributed by atoms with E-state index in [1.165, 1.54) is 10.8 Å². The number of aromatic nitrogens is 12. The topological polar surface area (TPSA) is 109 Å². The van der Waals surface area contributed by atoms with Crippen molar-refractivity contribution in [2.75, 3.05) is 0 Å². The van der Waals surface area contributed by atoms with Gasteiger partial charge in [0.25, 0.3) is 0 Å². The molecule has 0 saturated heterocycles. The Balaban J connectivity index is 0.000000147. The van der Waals surface area contributed by atoms with Crippen molar-refractivity contribution in [3.05, 3.63) is 123 Å². The van der Waals surface area contributed by atoms with Gasteiger partial charge in [0.15, 0.2) is 0 Å². The van der Waals surface area contributed by atoms with E-state index < -0.39 is 0 Å². The molecule has 0 aliphatic heterocycles. The molecule has 10 aromatic rings. The van der Waals surface area contributed by atoms with E-state index in [0.29, 0.717) is 0 Å². The third-order valence-electron chi connectivity index (χ3n) is 8.21. The molecule has 0 aliphatic carbocycles. The summed E-state index contributed by atoms with van der Waals surface area (Å²) in [6.07, 6.45) is 22.6. The van der Waals surface area contributed by atoms with E-state index in [1.54, 1.807) is 23.2 Å². The maximum Gasteiger partial charge on any atom is 2.00 e. The van der Waals surface area contributed by atoms with Crippen LogP contribution in [0.1, 0.15) is 0 Å². The Hall–Kier alpha value is -5.18. The van der Waals surface area contributed by atoms with Crippen molar-refractivity contribution in [3.8, 4) is 23.2 Å². The Bertz CT molecular complexity index is 2640. The van der Waals surface area contributed by atoms with Crippen molar-refractivity contribution in [1.82, 2.24) is 57.3 Å². The first-order chi connectivity index (χ1) is 23.5. The summed E-state index contributed by atoms with van der Waals surface area (Å²) < 4.78 is 11.6. The van der Waals surface area contributed by atoms with Crippen LogP contribution in [-0.4, -0.2) is 47.3 Å². The molecule has 12 nitrogen and oxygen atoms in total. The quantitative estimate of drug-likeness (QED) is 0.221. The van der Waals surface area contributed by atoms with E-state index in [-0.39, 0.29) is 42.1 Å². The largest absolute Gasteiger partial charge is 2.00 e. The zero-order valence-electron chi connectivity index (χ0n) is 27.4. The van der Waals surface area contributed by atoms with Crippen LogP contribution in [0.5, 0.6) is 0 Å². The molecule has 254 valence electrons. The third kappa shape index (κ3) is 6.21. The molecule has 0 spiro atoms. The van der Waals surface area contributed by atoms with Gasteiger partial charge in [-0.05, 0) is 58.0 Å². The summed E-state index contributed by atoms with van der Waals surface area (Å²) in [7, 11) is 7.76. The zero-order valence-corrected chi connectivity index (χ0v) is 31.9. The summed E-state index contributed by atoms with van der Waals surface area (Å²) in [5.74, 6) is 1.73. The number of imidazole rings is 4. The van der Waals surface area contributed by atoms with Gasteiger partial charge >= 0.3 is 42.1 Å². The number of hydrogen-bond donors (Lipinski definition) is 0. The van der Waals surface area contributed by atoms with E-state index >= 15 is 0 Å². The van der Waals surface area contributed by atoms with Gasteiger partial charge in [-0.3, -0.25) is 0 Å². The van der Waals surface area contributed by atoms with Crippen molar-refractivity contribution >= 4 is 43.9 Å². The van der Waals surface area contributed by atoms with Crippen LogP contribution in [0.25, 0.3) is 67.0 Å². The van der Waals surface area contributed by atoms with Crippen molar-refractivity contribution in [3.63, 3.8) is 0 Å². The van der Waals surface area contributed by atoms with E-state index in [9.17, 15) is 0 Å². The SMILES string of the molecule is Cn1[c-]nc(-c2cccc3c2[n-]c2c3ccn2-c2nccn2C)c1.Cn1[c-]ncc1.Cn1ccnc1-n1ccc2c3ccccc3[n-]c21.[Pt+2].[Pt+2]. The molecule has 0 saturated carbocycles. The molecular formula is C36H30N12Pt2. The average molecular weight is 1020 g/mol. The number of hydrogen-bond acceptors (Lipinski definition) is 4. The molecule has 0 bridgehead atoms. The van der Waals surface area contributed by atoms with Gasteiger partial charge in [0.1, 0.15) is 11.9 Å². The fraction of sp³-hybridized carbons (Fsp3) is 0.111. The molecular weight excluding hydrogens is 991 g/mol. The molecule has 0 unspecified atom stereocenters. The van der Waals surface area contributed by atoms with Crippen LogP contribution in [0.3, 0.4) is 0 Å². The van der Waals surface area contributed by atoms with Crippen LogP contribution in [0, 0.1) is 12.7 Å². The molecule has 0 atom stereocenters. The van der Waals surface area contributed by atoms with Gasteiger partial charge in [0.05, 0.1) is 0 Å². The van der Waals surface area contributed by atoms with Crippen molar-refractivity contribution in [1.29, 1.82) is 0 Å². The molecule has 0 amide bonds. The normalized spacial score (nSPS) is 10.9. The van der Waals surface area contributed by atoms with E-state index in [0.717, 1.165) is 56.3 Å². The van der Waals surface area contributed by atoms with Crippen LogP contribution >= 0.6 is 0 Å². The van der Waals surface area contributed by atoms with E-state index in [4.69, 9.17) is 4.98 Å². The summed E-state index contributed by atoms with van der Waals surface area (Å²) in [6.45, 7) is 0. The van der Waals surface area contributed by atoms with Crippen LogP contribution in [-0.2, 0) is 70.3 Å². The number of aryl methyl sites for hydroxylation is 4. The maximum atomic E-state index is 4.90. The molecule has 0 aliphatic rings. The number of para-hydroxylation sites is 2. The monoisotopic (exact) mass is 1020 g/mol. The van der Waals surface area contributed by atoms with E-state index in [1.807, 2.05) is 112 Å². The first-order valence-corrected chi connectivity index (χ1v) is 15.3. The molecule has 8 aromatic heterocycles. The number of benzene rings is 2. The Labute approximate surface area is 316 Å². The molecule has 14 heteroatoms. The van der Waals surface area contributed by atoms with Gasteiger partial charge in [-0.25, -0.2) is 9.97 Å². The summed E-state index contributed by atoms with van der Waals surface area (Å²) in [5, 5.41) is 4.62. The first kappa shape index (κ1) is 34.7. The number of nitrogens with zero attached hydrogens (tertiary/aromatic N) is 12. The summed E-state index contributed by atoms with van der Waals surface area (Å²) >= 11 is 0. The second-order valence-corrected chi connectivity index (χ2v) is 11.4. The molecule has 0 N–H and O–H groups in total. The van der Waals surface area contributed by atoms with E-state index in [2.05, 4.69) is 67.9 Å². The predicted molar refractivity (Wildman–Crippen MR) is 185 cm³/mol. The minimum atomic E-state index is 0. The van der Waals surface area contributed by atoms with Crippen molar-refractivity contribution in [2.24, 2.45) is 28.2 Å². The Morgan fingerprint density at radius 1 is 0.580 bits per heavy atom. The fourth-order valence-corrected chi connectivity index (χ4v) is 5.90. The Morgan fingerprint density at radius 2 is 1.22 bits per heavy atom. The van der Waals surface area contributed by atoms with Gasteiger partial charge in [-0.1, -0.05) is 78.2 Å². The van der Waals surface area contributed by atoms with Crippen LogP contribution < -0.4 is 9.97 Å². The smallest absolute Gasteiger partial charge is 0.457 e. The van der Waals surface area contributed by atoms with Crippen molar-refractivity contribution < 1.29 is 42.1 Å². The third-order valence-corrected chi connectivity index (χ3v) is 8.21. The molecule has 10 rings (SSSR count). The summed E-state index contributed by atoms with van der Waals surface area (Å²) in [6, 6.07) is 18.6. The fourth-order valence-electron chi connectivity index (χ4n) is 5.90. The van der Waals surface area contributed by atoms with Crippen molar-refractivity contribution in [2.45, 2.75) is 0 Å². The Morgan fingerprint density at radius 3 is 1.78 bits per heavy atom. The molecule has 0 radical (unpaired) electrons. The van der Waals surface area contributed by atoms with Gasteiger partial charge in [-0.2, -0.15) is 0 Å². The molecule has 50 heavy (non-hydrogen) atoms. The van der Waals surface area contributed by atoms with Crippen LogP contribution in [0.15, 0.2) is 110 Å². The van der Waals surface area contributed by atoms with Gasteiger partial charge < -0.3 is 47.3 Å². The summed E-state index contributed by atoms with van der Waals surface area (Å²) in [4.78, 5) is 26.4. The second kappa shape index (κ2) is 14.4. The minimum absolute atomic E-state index is 0. The number of fused-ring (bicyclic) bond motifs is 6. The van der Waals surface area contributed by atoms with Gasteiger partial charge in [0.2, 0.25) is 0 Å². The standard InChI is InChI=1S/C18H14N6.C14H11N4.C4H5N2.2Pt/c1-22-10-15(20-11-22)14-5-3-4-12-13-6-8-24(17(13)21-16(12)14)18-19-7-9-23(18)2;1-17-9-7-15-14(17)18-8-6-11-10-4-2-3-5-12(10)16-13(11)18;1-6-3-2-5-4-6;;/h3-10H,1-2H3;2-9H,1H3;2-3H,1H3;;/q-2;2*-1;2*+2. The Kier molecular flexibility index (Phi) is 9.95. The molecule has 2 aromatic carbocycles. The maximum absolute atomic E-state index is 4.90. The molecule has 8 heterocycles. The van der Waals surface area contributed by atoms with Gasteiger partial charge in [-0.15, -0.1) is 18.6 Å². The number of rotatable bonds is 3. The zero-order chi connectivity index (χ0) is 32.8. The van der Waals surface area contributed by atoms with Crippen LogP contribution in [0.4, 0.5) is 0 Å². The second-order valence-electron chi connectivity index (χ2n) is 11.4. The minimum Gasteiger partial charge on any atom is -0.457 e. The first-order valence-electron chi connectivity index (χ1n) is 15.3. The predicted octanol–water partition coefficient (Wildman–Crippen LogP) is 5.36.